The van der Waals surface area contributed by atoms with Crippen LogP contribution in [-0.2, 0) is 7.05 Å². The molecular formula is C14H12Cl2N2O4. The van der Waals surface area contributed by atoms with Crippen LogP contribution in [0.15, 0.2) is 42.6 Å². The topological polar surface area (TPSA) is 85.4 Å². The van der Waals surface area contributed by atoms with Crippen LogP contribution in [0.25, 0.3) is 0 Å². The number of benzene rings is 1. The molecule has 0 saturated heterocycles. The molecule has 0 spiro atoms. The molecule has 0 radical (unpaired) electrons. The van der Waals surface area contributed by atoms with Crippen molar-refractivity contribution in [1.82, 2.24) is 4.57 Å². The van der Waals surface area contributed by atoms with E-state index in [2.05, 4.69) is 0 Å². The monoisotopic (exact) mass is 342 g/mol. The average Bonchev–Trinajstić information content (AvgIpc) is 2.91. The molecule has 0 aliphatic carbocycles. The number of rotatable bonds is 5. The maximum Gasteiger partial charge on any atom is 0.269 e. The van der Waals surface area contributed by atoms with Gasteiger partial charge in [0.25, 0.3) is 5.69 Å². The first-order valence-electron chi connectivity index (χ1n) is 6.21. The van der Waals surface area contributed by atoms with E-state index in [1.54, 1.807) is 19.3 Å². The second kappa shape index (κ2) is 6.08. The van der Waals surface area contributed by atoms with Gasteiger partial charge >= 0.3 is 0 Å². The Morgan fingerprint density at radius 1 is 1.32 bits per heavy atom. The number of aliphatic hydroxyl groups is 1. The van der Waals surface area contributed by atoms with Gasteiger partial charge in [0.05, 0.1) is 10.6 Å². The van der Waals surface area contributed by atoms with Crippen LogP contribution in [0.4, 0.5) is 5.69 Å². The van der Waals surface area contributed by atoms with E-state index >= 15 is 0 Å². The summed E-state index contributed by atoms with van der Waals surface area (Å²) in [7, 11) is 1.65. The van der Waals surface area contributed by atoms with Gasteiger partial charge in [-0.25, -0.2) is 0 Å². The number of ketones is 1. The average molecular weight is 343 g/mol. The van der Waals surface area contributed by atoms with Crippen LogP contribution in [-0.4, -0.2) is 24.7 Å². The van der Waals surface area contributed by atoms with E-state index < -0.39 is 21.1 Å². The zero-order valence-corrected chi connectivity index (χ0v) is 13.0. The molecule has 0 bridgehead atoms. The maximum atomic E-state index is 12.4. The smallest absolute Gasteiger partial charge is 0.269 e. The van der Waals surface area contributed by atoms with Crippen LogP contribution in [0.2, 0.25) is 0 Å². The quantitative estimate of drug-likeness (QED) is 0.391. The van der Waals surface area contributed by atoms with E-state index in [-0.39, 0.29) is 16.9 Å². The fraction of sp³-hybridized carbons (Fsp3) is 0.214. The molecular weight excluding hydrogens is 331 g/mol. The number of aliphatic hydroxyl groups excluding tert-OH is 1. The number of carbonyl (C=O) groups is 1. The Balaban J connectivity index is 2.30. The number of carbonyl (C=O) groups excluding carboxylic acids is 1. The summed E-state index contributed by atoms with van der Waals surface area (Å²) in [6.07, 6.45) is 0.119. The number of halogens is 2. The lowest BCUT2D eigenvalue weighted by molar-refractivity contribution is -0.384. The van der Waals surface area contributed by atoms with Gasteiger partial charge in [0, 0.05) is 25.4 Å². The lowest BCUT2D eigenvalue weighted by Crippen LogP contribution is -2.34. The Kier molecular flexibility index (Phi) is 4.55. The predicted octanol–water partition coefficient (Wildman–Crippen LogP) is 3.02. The van der Waals surface area contributed by atoms with Gasteiger partial charge in [0.1, 0.15) is 6.10 Å². The number of nitro benzene ring substituents is 1. The van der Waals surface area contributed by atoms with Crippen molar-refractivity contribution in [2.75, 3.05) is 0 Å². The summed E-state index contributed by atoms with van der Waals surface area (Å²) in [6.45, 7) is 0. The molecule has 8 heteroatoms. The third-order valence-electron chi connectivity index (χ3n) is 3.24. The van der Waals surface area contributed by atoms with Gasteiger partial charge in [-0.05, 0) is 29.8 Å². The van der Waals surface area contributed by atoms with Gasteiger partial charge < -0.3 is 9.67 Å². The highest BCUT2D eigenvalue weighted by molar-refractivity contribution is 6.60. The van der Waals surface area contributed by atoms with Gasteiger partial charge in [-0.2, -0.15) is 0 Å². The second-order valence-electron chi connectivity index (χ2n) is 4.71. The Hall–Kier alpha value is -1.89. The Labute approximate surface area is 136 Å². The minimum Gasteiger partial charge on any atom is -0.385 e. The molecule has 0 aliphatic heterocycles. The molecule has 1 atom stereocenters. The minimum atomic E-state index is -2.11. The molecule has 0 saturated carbocycles. The standard InChI is InChI=1S/C14H12Cl2N2O4/c1-17-8-2-3-11(17)13(20)14(15,16)12(19)9-4-6-10(7-5-9)18(21)22/h2-8,12,19H,1H3/t12-/m0/s1. The Bertz CT molecular complexity index is 710. The fourth-order valence-electron chi connectivity index (χ4n) is 1.98. The highest BCUT2D eigenvalue weighted by Gasteiger charge is 2.43. The fourth-order valence-corrected chi connectivity index (χ4v) is 2.43. The number of aromatic nitrogens is 1. The molecule has 0 amide bonds. The van der Waals surface area contributed by atoms with Crippen LogP contribution in [0.3, 0.4) is 0 Å². The van der Waals surface area contributed by atoms with Crippen LogP contribution in [0.1, 0.15) is 22.2 Å². The van der Waals surface area contributed by atoms with Gasteiger partial charge in [0.15, 0.2) is 0 Å². The van der Waals surface area contributed by atoms with Crippen molar-refractivity contribution in [2.45, 2.75) is 10.4 Å². The molecule has 1 aromatic heterocycles. The van der Waals surface area contributed by atoms with Gasteiger partial charge in [-0.1, -0.05) is 23.2 Å². The number of hydrogen-bond acceptors (Lipinski definition) is 4. The summed E-state index contributed by atoms with van der Waals surface area (Å²) >= 11 is 12.1. The number of hydrogen-bond donors (Lipinski definition) is 1. The molecule has 1 N–H and O–H groups in total. The van der Waals surface area contributed by atoms with E-state index in [0.717, 1.165) is 0 Å². The molecule has 0 aliphatic rings. The van der Waals surface area contributed by atoms with Crippen molar-refractivity contribution in [3.05, 3.63) is 64.0 Å². The van der Waals surface area contributed by atoms with Crippen molar-refractivity contribution in [1.29, 1.82) is 0 Å². The van der Waals surface area contributed by atoms with E-state index in [1.807, 2.05) is 0 Å². The van der Waals surface area contributed by atoms with E-state index in [4.69, 9.17) is 23.2 Å². The number of non-ortho nitro benzene ring substituents is 1. The highest BCUT2D eigenvalue weighted by Crippen LogP contribution is 2.39. The molecule has 0 unspecified atom stereocenters. The first kappa shape index (κ1) is 16.5. The second-order valence-corrected chi connectivity index (χ2v) is 6.09. The summed E-state index contributed by atoms with van der Waals surface area (Å²) in [5, 5.41) is 20.9. The van der Waals surface area contributed by atoms with Crippen molar-refractivity contribution < 1.29 is 14.8 Å². The molecule has 6 nitrogen and oxygen atoms in total. The van der Waals surface area contributed by atoms with Crippen molar-refractivity contribution >= 4 is 34.7 Å². The number of Topliss-reactive ketones (excluding diaryl/α,β-unsaturated/α-hetero) is 1. The molecule has 116 valence electrons. The van der Waals surface area contributed by atoms with Crippen LogP contribution in [0.5, 0.6) is 0 Å². The van der Waals surface area contributed by atoms with E-state index in [9.17, 15) is 20.0 Å². The Morgan fingerprint density at radius 3 is 2.36 bits per heavy atom. The zero-order chi connectivity index (χ0) is 16.5. The number of nitrogens with zero attached hydrogens (tertiary/aromatic N) is 2. The van der Waals surface area contributed by atoms with Crippen molar-refractivity contribution in [3.63, 3.8) is 0 Å². The SMILES string of the molecule is Cn1cccc1C(=O)C(Cl)(Cl)[C@@H](O)c1ccc([N+](=O)[O-])cc1. The summed E-state index contributed by atoms with van der Waals surface area (Å²) < 4.78 is -0.577. The molecule has 2 rings (SSSR count). The normalized spacial score (nSPS) is 12.9. The summed E-state index contributed by atoms with van der Waals surface area (Å²) in [4.78, 5) is 22.4. The largest absolute Gasteiger partial charge is 0.385 e. The van der Waals surface area contributed by atoms with Crippen LogP contribution >= 0.6 is 23.2 Å². The van der Waals surface area contributed by atoms with Crippen molar-refractivity contribution in [2.24, 2.45) is 7.05 Å². The van der Waals surface area contributed by atoms with Crippen LogP contribution < -0.4 is 0 Å². The number of aryl methyl sites for hydroxylation is 1. The lowest BCUT2D eigenvalue weighted by atomic mass is 10.0. The van der Waals surface area contributed by atoms with E-state index in [0.29, 0.717) is 0 Å². The lowest BCUT2D eigenvalue weighted by Gasteiger charge is -2.24. The summed E-state index contributed by atoms with van der Waals surface area (Å²) in [5.41, 5.74) is 0.309. The highest BCUT2D eigenvalue weighted by atomic mass is 35.5. The summed E-state index contributed by atoms with van der Waals surface area (Å²) in [6, 6.07) is 8.20. The third kappa shape index (κ3) is 2.99. The molecule has 22 heavy (non-hydrogen) atoms. The number of nitro groups is 1. The first-order chi connectivity index (χ1) is 10.2. The van der Waals surface area contributed by atoms with E-state index in [1.165, 1.54) is 34.9 Å². The molecule has 1 aromatic carbocycles. The number of alkyl halides is 2. The summed E-state index contributed by atoms with van der Waals surface area (Å²) in [5.74, 6) is -0.658. The molecule has 2 aromatic rings. The minimum absolute atomic E-state index is 0.139. The Morgan fingerprint density at radius 2 is 1.91 bits per heavy atom. The third-order valence-corrected chi connectivity index (χ3v) is 4.00. The van der Waals surface area contributed by atoms with Crippen LogP contribution in [0, 0.1) is 10.1 Å². The van der Waals surface area contributed by atoms with Gasteiger partial charge in [-0.3, -0.25) is 14.9 Å². The van der Waals surface area contributed by atoms with Crippen molar-refractivity contribution in [3.8, 4) is 0 Å². The first-order valence-corrected chi connectivity index (χ1v) is 6.97. The maximum absolute atomic E-state index is 12.4. The molecule has 1 heterocycles. The van der Waals surface area contributed by atoms with Gasteiger partial charge in [-0.15, -0.1) is 0 Å². The zero-order valence-electron chi connectivity index (χ0n) is 11.4. The van der Waals surface area contributed by atoms with Gasteiger partial charge in [0.2, 0.25) is 10.1 Å². The predicted molar refractivity (Wildman–Crippen MR) is 82.2 cm³/mol. The molecule has 0 fully saturated rings.